The van der Waals surface area contributed by atoms with Crippen molar-refractivity contribution in [3.05, 3.63) is 47.9 Å². The smallest absolute Gasteiger partial charge is 0.338 e. The van der Waals surface area contributed by atoms with E-state index < -0.39 is 0 Å². The zero-order valence-corrected chi connectivity index (χ0v) is 14.3. The summed E-state index contributed by atoms with van der Waals surface area (Å²) in [5.41, 5.74) is 4.34. The third-order valence-electron chi connectivity index (χ3n) is 4.21. The number of rotatable bonds is 4. The minimum Gasteiger partial charge on any atom is -0.465 e. The number of pyridine rings is 1. The molecule has 1 aromatic carbocycles. The van der Waals surface area contributed by atoms with Gasteiger partial charge < -0.3 is 14.2 Å². The number of benzene rings is 1. The van der Waals surface area contributed by atoms with Crippen LogP contribution in [0.5, 0.6) is 0 Å². The number of aromatic nitrogens is 3. The zero-order chi connectivity index (χ0) is 17.3. The molecule has 2 heterocycles. The van der Waals surface area contributed by atoms with Crippen LogP contribution in [0.4, 0.5) is 11.5 Å². The van der Waals surface area contributed by atoms with E-state index in [9.17, 15) is 4.79 Å². The van der Waals surface area contributed by atoms with Gasteiger partial charge in [0.1, 0.15) is 11.3 Å². The van der Waals surface area contributed by atoms with E-state index in [-0.39, 0.29) is 5.97 Å². The average Bonchev–Trinajstić information content (AvgIpc) is 3.00. The van der Waals surface area contributed by atoms with E-state index in [1.807, 2.05) is 48.7 Å². The molecule has 0 saturated heterocycles. The summed E-state index contributed by atoms with van der Waals surface area (Å²) < 4.78 is 6.86. The van der Waals surface area contributed by atoms with E-state index in [0.717, 1.165) is 34.5 Å². The Bertz CT molecular complexity index is 901. The molecule has 124 valence electrons. The van der Waals surface area contributed by atoms with Gasteiger partial charge >= 0.3 is 5.97 Å². The van der Waals surface area contributed by atoms with Crippen molar-refractivity contribution in [2.24, 2.45) is 7.05 Å². The maximum absolute atomic E-state index is 12.0. The number of nitrogens with zero attached hydrogens (tertiary/aromatic N) is 4. The average molecular weight is 324 g/mol. The van der Waals surface area contributed by atoms with Gasteiger partial charge in [0.05, 0.1) is 30.7 Å². The first-order chi connectivity index (χ1) is 11.6. The molecule has 0 atom stereocenters. The molecule has 0 radical (unpaired) electrons. The number of methoxy groups -OCH3 is 1. The van der Waals surface area contributed by atoms with Gasteiger partial charge in [-0.25, -0.2) is 14.8 Å². The number of carbonyl (C=O) groups excluding carboxylic acids is 1. The monoisotopic (exact) mass is 324 g/mol. The Morgan fingerprint density at radius 1 is 1.33 bits per heavy atom. The summed E-state index contributed by atoms with van der Waals surface area (Å²) in [6, 6.07) is 7.63. The predicted molar refractivity (Wildman–Crippen MR) is 93.7 cm³/mol. The van der Waals surface area contributed by atoms with Crippen molar-refractivity contribution in [1.82, 2.24) is 14.5 Å². The Balaban J connectivity index is 2.09. The van der Waals surface area contributed by atoms with Gasteiger partial charge in [0.25, 0.3) is 0 Å². The van der Waals surface area contributed by atoms with Crippen LogP contribution in [0, 0.1) is 0 Å². The van der Waals surface area contributed by atoms with Crippen molar-refractivity contribution in [1.29, 1.82) is 0 Å². The van der Waals surface area contributed by atoms with E-state index in [4.69, 9.17) is 4.74 Å². The van der Waals surface area contributed by atoms with Crippen LogP contribution >= 0.6 is 0 Å². The van der Waals surface area contributed by atoms with Crippen LogP contribution in [-0.2, 0) is 18.2 Å². The van der Waals surface area contributed by atoms with Crippen molar-refractivity contribution in [2.75, 3.05) is 19.1 Å². The number of carbonyl (C=O) groups is 1. The molecule has 0 spiro atoms. The van der Waals surface area contributed by atoms with Crippen LogP contribution in [0.25, 0.3) is 11.0 Å². The minimum absolute atomic E-state index is 0.322. The maximum atomic E-state index is 12.0. The second kappa shape index (κ2) is 6.31. The van der Waals surface area contributed by atoms with Crippen molar-refractivity contribution in [3.63, 3.8) is 0 Å². The maximum Gasteiger partial charge on any atom is 0.338 e. The first-order valence-electron chi connectivity index (χ1n) is 7.77. The molecular weight excluding hydrogens is 304 g/mol. The fraction of sp³-hybridized carbons (Fsp3) is 0.278. The van der Waals surface area contributed by atoms with Crippen LogP contribution in [-0.4, -0.2) is 34.7 Å². The molecule has 0 bridgehead atoms. The Morgan fingerprint density at radius 2 is 2.12 bits per heavy atom. The van der Waals surface area contributed by atoms with E-state index in [2.05, 4.69) is 9.97 Å². The Labute approximate surface area is 140 Å². The van der Waals surface area contributed by atoms with Crippen LogP contribution in [0.15, 0.2) is 36.8 Å². The summed E-state index contributed by atoms with van der Waals surface area (Å²) in [5, 5.41) is 0. The Morgan fingerprint density at radius 3 is 2.83 bits per heavy atom. The number of imidazole rings is 1. The molecule has 24 heavy (non-hydrogen) atoms. The molecule has 0 N–H and O–H groups in total. The fourth-order valence-corrected chi connectivity index (χ4v) is 2.89. The van der Waals surface area contributed by atoms with E-state index in [0.29, 0.717) is 5.56 Å². The summed E-state index contributed by atoms with van der Waals surface area (Å²) in [6.07, 6.45) is 4.25. The lowest BCUT2D eigenvalue weighted by Crippen LogP contribution is -2.16. The number of ether oxygens (including phenoxy) is 1. The summed E-state index contributed by atoms with van der Waals surface area (Å²) in [4.78, 5) is 22.8. The van der Waals surface area contributed by atoms with Crippen LogP contribution in [0.1, 0.15) is 22.8 Å². The number of hydrogen-bond donors (Lipinski definition) is 0. The number of aryl methyl sites for hydroxylation is 1. The van der Waals surface area contributed by atoms with E-state index in [1.165, 1.54) is 7.11 Å². The van der Waals surface area contributed by atoms with Gasteiger partial charge in [-0.3, -0.25) is 0 Å². The third kappa shape index (κ3) is 2.60. The quantitative estimate of drug-likeness (QED) is 0.690. The molecule has 0 aliphatic carbocycles. The van der Waals surface area contributed by atoms with Crippen molar-refractivity contribution < 1.29 is 9.53 Å². The summed E-state index contributed by atoms with van der Waals surface area (Å²) in [6.45, 7) is 2.02. The highest BCUT2D eigenvalue weighted by Gasteiger charge is 2.18. The number of fused-ring (bicyclic) bond motifs is 1. The van der Waals surface area contributed by atoms with Gasteiger partial charge in [0.15, 0.2) is 0 Å². The molecule has 3 rings (SSSR count). The van der Waals surface area contributed by atoms with Gasteiger partial charge in [-0.05, 0) is 24.1 Å². The summed E-state index contributed by atoms with van der Waals surface area (Å²) in [7, 11) is 5.30. The fourth-order valence-electron chi connectivity index (χ4n) is 2.89. The van der Waals surface area contributed by atoms with Crippen LogP contribution < -0.4 is 4.90 Å². The second-order valence-corrected chi connectivity index (χ2v) is 5.59. The lowest BCUT2D eigenvalue weighted by Gasteiger charge is -2.22. The Kier molecular flexibility index (Phi) is 4.20. The van der Waals surface area contributed by atoms with Crippen LogP contribution in [0.2, 0.25) is 0 Å². The van der Waals surface area contributed by atoms with E-state index in [1.54, 1.807) is 18.6 Å². The van der Waals surface area contributed by atoms with Gasteiger partial charge in [0, 0.05) is 25.8 Å². The highest BCUT2D eigenvalue weighted by molar-refractivity contribution is 5.93. The lowest BCUT2D eigenvalue weighted by atomic mass is 10.0. The molecule has 0 aliphatic rings. The largest absolute Gasteiger partial charge is 0.465 e. The number of hydrogen-bond acceptors (Lipinski definition) is 5. The van der Waals surface area contributed by atoms with Crippen molar-refractivity contribution in [2.45, 2.75) is 13.3 Å². The molecule has 0 saturated carbocycles. The topological polar surface area (TPSA) is 60.2 Å². The van der Waals surface area contributed by atoms with Crippen molar-refractivity contribution >= 4 is 28.5 Å². The lowest BCUT2D eigenvalue weighted by molar-refractivity contribution is 0.0599. The molecule has 3 aromatic rings. The first-order valence-corrected chi connectivity index (χ1v) is 7.77. The van der Waals surface area contributed by atoms with E-state index >= 15 is 0 Å². The van der Waals surface area contributed by atoms with Gasteiger partial charge in [-0.1, -0.05) is 13.0 Å². The molecule has 0 aliphatic heterocycles. The highest BCUT2D eigenvalue weighted by atomic mass is 16.5. The molecule has 2 aromatic heterocycles. The molecule has 0 amide bonds. The minimum atomic E-state index is -0.322. The molecule has 0 unspecified atom stereocenters. The molecular formula is C18H20N4O2. The predicted octanol–water partition coefficient (Wildman–Crippen LogP) is 3.09. The number of anilines is 2. The molecule has 6 heteroatoms. The SMILES string of the molecule is CCc1c(C(=O)OC)cccc1N(C)c1cc2c(cn1)ncn2C. The van der Waals surface area contributed by atoms with Gasteiger partial charge in [-0.15, -0.1) is 0 Å². The zero-order valence-electron chi connectivity index (χ0n) is 14.3. The normalized spacial score (nSPS) is 10.8. The summed E-state index contributed by atoms with van der Waals surface area (Å²) in [5.74, 6) is 0.472. The van der Waals surface area contributed by atoms with Gasteiger partial charge in [0.2, 0.25) is 0 Å². The van der Waals surface area contributed by atoms with Gasteiger partial charge in [-0.2, -0.15) is 0 Å². The second-order valence-electron chi connectivity index (χ2n) is 5.59. The third-order valence-corrected chi connectivity index (χ3v) is 4.21. The van der Waals surface area contributed by atoms with Crippen molar-refractivity contribution in [3.8, 4) is 0 Å². The number of esters is 1. The first kappa shape index (κ1) is 16.0. The standard InChI is InChI=1S/C18H20N4O2/c1-5-12-13(18(23)24-4)7-6-8-15(12)22(3)17-9-16-14(10-19-17)20-11-21(16)2/h6-11H,5H2,1-4H3. The Hall–Kier alpha value is -2.89. The molecule has 6 nitrogen and oxygen atoms in total. The highest BCUT2D eigenvalue weighted by Crippen LogP contribution is 2.30. The summed E-state index contributed by atoms with van der Waals surface area (Å²) >= 11 is 0. The van der Waals surface area contributed by atoms with Crippen LogP contribution in [0.3, 0.4) is 0 Å². The molecule has 0 fully saturated rings.